The van der Waals surface area contributed by atoms with E-state index in [0.717, 1.165) is 5.71 Å². The van der Waals surface area contributed by atoms with Crippen LogP contribution in [0.2, 0.25) is 0 Å². The molecule has 0 fully saturated rings. The highest BCUT2D eigenvalue weighted by molar-refractivity contribution is 6.18. The predicted octanol–water partition coefficient (Wildman–Crippen LogP) is 3.29. The highest BCUT2D eigenvalue weighted by Gasteiger charge is 2.57. The summed E-state index contributed by atoms with van der Waals surface area (Å²) >= 11 is 5.61. The molecule has 1 aliphatic rings. The Morgan fingerprint density at radius 1 is 1.46 bits per heavy atom. The fraction of sp³-hybridized carbons (Fsp3) is 0.500. The molecule has 0 aromatic heterocycles. The summed E-state index contributed by atoms with van der Waals surface area (Å²) in [4.78, 5) is 40.7. The minimum atomic E-state index is -1.54. The van der Waals surface area contributed by atoms with Gasteiger partial charge in [-0.3, -0.25) is 24.7 Å². The van der Waals surface area contributed by atoms with Crippen LogP contribution >= 0.6 is 11.6 Å². The summed E-state index contributed by atoms with van der Waals surface area (Å²) < 4.78 is 5.24. The molecule has 2 rings (SSSR count). The average Bonchev–Trinajstić information content (AvgIpc) is 2.59. The van der Waals surface area contributed by atoms with Crippen LogP contribution in [-0.2, 0) is 14.3 Å². The van der Waals surface area contributed by atoms with Crippen LogP contribution < -0.4 is 0 Å². The third-order valence-electron chi connectivity index (χ3n) is 4.84. The van der Waals surface area contributed by atoms with E-state index < -0.39 is 28.3 Å². The lowest BCUT2D eigenvalue weighted by Crippen LogP contribution is -2.54. The number of Topliss-reactive ketones (excluding diaryl/α,β-unsaturated/α-hetero) is 1. The Bertz CT molecular complexity index is 764. The highest BCUT2D eigenvalue weighted by atomic mass is 35.5. The monoisotopic (exact) mass is 380 g/mol. The Kier molecular flexibility index (Phi) is 6.13. The van der Waals surface area contributed by atoms with E-state index in [9.17, 15) is 19.7 Å². The molecule has 0 bridgehead atoms. The van der Waals surface area contributed by atoms with Gasteiger partial charge in [0.25, 0.3) is 5.69 Å². The maximum atomic E-state index is 12.9. The molecule has 0 aliphatic carbocycles. The van der Waals surface area contributed by atoms with Crippen LogP contribution in [0.1, 0.15) is 38.7 Å². The van der Waals surface area contributed by atoms with Crippen molar-refractivity contribution >= 4 is 34.8 Å². The van der Waals surface area contributed by atoms with E-state index >= 15 is 0 Å². The van der Waals surface area contributed by atoms with Crippen molar-refractivity contribution in [2.75, 3.05) is 12.5 Å². The number of hydrogen-bond acceptors (Lipinski definition) is 6. The van der Waals surface area contributed by atoms with Crippen LogP contribution in [0.3, 0.4) is 0 Å². The summed E-state index contributed by atoms with van der Waals surface area (Å²) in [7, 11) is 0. The van der Waals surface area contributed by atoms with Gasteiger partial charge in [0.2, 0.25) is 0 Å². The fourth-order valence-electron chi connectivity index (χ4n) is 3.72. The van der Waals surface area contributed by atoms with Crippen molar-refractivity contribution in [2.24, 2.45) is 10.4 Å². The lowest BCUT2D eigenvalue weighted by Gasteiger charge is -2.42. The number of hydrogen-bond donors (Lipinski definition) is 0. The lowest BCUT2D eigenvalue weighted by molar-refractivity contribution is -0.384. The zero-order chi connectivity index (χ0) is 19.5. The van der Waals surface area contributed by atoms with Crippen LogP contribution in [0.25, 0.3) is 0 Å². The predicted molar refractivity (Wildman–Crippen MR) is 97.8 cm³/mol. The van der Waals surface area contributed by atoms with Crippen LogP contribution in [0, 0.1) is 15.5 Å². The first-order valence-electron chi connectivity index (χ1n) is 8.27. The van der Waals surface area contributed by atoms with Crippen LogP contribution in [0.15, 0.2) is 29.3 Å². The molecule has 140 valence electrons. The van der Waals surface area contributed by atoms with Gasteiger partial charge in [-0.25, -0.2) is 0 Å². The molecule has 1 aromatic carbocycles. The Morgan fingerprint density at radius 3 is 2.73 bits per heavy atom. The second kappa shape index (κ2) is 7.95. The Morgan fingerprint density at radius 2 is 2.15 bits per heavy atom. The Balaban J connectivity index is 2.64. The van der Waals surface area contributed by atoms with Gasteiger partial charge in [-0.2, -0.15) is 0 Å². The van der Waals surface area contributed by atoms with Crippen molar-refractivity contribution in [2.45, 2.75) is 39.2 Å². The van der Waals surface area contributed by atoms with E-state index in [2.05, 4.69) is 4.99 Å². The molecule has 7 nitrogen and oxygen atoms in total. The van der Waals surface area contributed by atoms with Gasteiger partial charge in [-0.1, -0.05) is 12.1 Å². The molecule has 0 amide bonds. The van der Waals surface area contributed by atoms with Gasteiger partial charge in [0.05, 0.1) is 16.8 Å². The van der Waals surface area contributed by atoms with Crippen molar-refractivity contribution in [3.63, 3.8) is 0 Å². The van der Waals surface area contributed by atoms with Crippen molar-refractivity contribution in [1.82, 2.24) is 0 Å². The average molecular weight is 381 g/mol. The third-order valence-corrected chi connectivity index (χ3v) is 4.99. The number of non-ortho nitro benzene ring substituents is 1. The van der Waals surface area contributed by atoms with E-state index in [1.165, 1.54) is 19.1 Å². The first kappa shape index (κ1) is 20.0. The van der Waals surface area contributed by atoms with E-state index in [1.54, 1.807) is 19.1 Å². The summed E-state index contributed by atoms with van der Waals surface area (Å²) in [5.74, 6) is -1.56. The molecule has 3 unspecified atom stereocenters. The number of ketones is 1. The van der Waals surface area contributed by atoms with Gasteiger partial charge in [0.1, 0.15) is 12.4 Å². The maximum absolute atomic E-state index is 12.9. The van der Waals surface area contributed by atoms with Crippen molar-refractivity contribution in [1.29, 1.82) is 0 Å². The molecule has 0 spiro atoms. The number of aliphatic imine (C=N–C) groups is 1. The third kappa shape index (κ3) is 3.49. The number of benzene rings is 1. The van der Waals surface area contributed by atoms with E-state index in [-0.39, 0.29) is 24.0 Å². The number of alkyl halides is 1. The van der Waals surface area contributed by atoms with Gasteiger partial charge in [0.15, 0.2) is 5.41 Å². The summed E-state index contributed by atoms with van der Waals surface area (Å²) in [6.07, 6.45) is 0.334. The SMILES string of the molecule is CC(=O)C1(C(=O)OCCCl)C(C)N=C(C)CC1c1cccc([N+](=O)[O-])c1. The summed E-state index contributed by atoms with van der Waals surface area (Å²) in [6, 6.07) is 5.37. The molecule has 1 aromatic rings. The van der Waals surface area contributed by atoms with Gasteiger partial charge in [0, 0.05) is 23.8 Å². The molecule has 0 saturated carbocycles. The first-order chi connectivity index (χ1) is 12.2. The van der Waals surface area contributed by atoms with Crippen LogP contribution in [-0.4, -0.2) is 40.9 Å². The smallest absolute Gasteiger partial charge is 0.322 e. The zero-order valence-electron chi connectivity index (χ0n) is 14.9. The normalized spacial score (nSPS) is 25.3. The molecular formula is C18H21ClN2O5. The zero-order valence-corrected chi connectivity index (χ0v) is 15.7. The van der Waals surface area contributed by atoms with E-state index in [0.29, 0.717) is 12.0 Å². The minimum Gasteiger partial charge on any atom is -0.464 e. The number of carbonyl (C=O) groups is 2. The largest absolute Gasteiger partial charge is 0.464 e. The molecule has 8 heteroatoms. The molecule has 3 atom stereocenters. The van der Waals surface area contributed by atoms with Crippen molar-refractivity contribution < 1.29 is 19.2 Å². The second-order valence-electron chi connectivity index (χ2n) is 6.40. The maximum Gasteiger partial charge on any atom is 0.322 e. The molecule has 1 heterocycles. The Labute approximate surface area is 156 Å². The topological polar surface area (TPSA) is 98.9 Å². The minimum absolute atomic E-state index is 0.0213. The quantitative estimate of drug-likeness (QED) is 0.248. The van der Waals surface area contributed by atoms with Crippen molar-refractivity contribution in [3.05, 3.63) is 39.9 Å². The molecule has 1 aliphatic heterocycles. The number of nitrogens with zero attached hydrogens (tertiary/aromatic N) is 2. The number of ether oxygens (including phenoxy) is 1. The summed E-state index contributed by atoms with van der Waals surface area (Å²) in [5, 5.41) is 11.1. The van der Waals surface area contributed by atoms with Gasteiger partial charge >= 0.3 is 5.97 Å². The van der Waals surface area contributed by atoms with Crippen LogP contribution in [0.5, 0.6) is 0 Å². The number of carbonyl (C=O) groups excluding carboxylic acids is 2. The second-order valence-corrected chi connectivity index (χ2v) is 6.78. The molecule has 0 radical (unpaired) electrons. The van der Waals surface area contributed by atoms with E-state index in [1.807, 2.05) is 6.92 Å². The number of halogens is 1. The van der Waals surface area contributed by atoms with Gasteiger partial charge < -0.3 is 4.74 Å². The summed E-state index contributed by atoms with van der Waals surface area (Å²) in [6.45, 7) is 4.82. The first-order valence-corrected chi connectivity index (χ1v) is 8.80. The molecule has 0 N–H and O–H groups in total. The lowest BCUT2D eigenvalue weighted by atomic mass is 9.62. The van der Waals surface area contributed by atoms with Gasteiger partial charge in [-0.05, 0) is 32.8 Å². The van der Waals surface area contributed by atoms with Gasteiger partial charge in [-0.15, -0.1) is 11.6 Å². The number of esters is 1. The number of nitro benzene ring substituents is 1. The fourth-order valence-corrected chi connectivity index (χ4v) is 3.79. The van der Waals surface area contributed by atoms with Crippen LogP contribution in [0.4, 0.5) is 5.69 Å². The summed E-state index contributed by atoms with van der Waals surface area (Å²) in [5.41, 5.74) is -0.322. The number of rotatable bonds is 6. The molecule has 0 saturated heterocycles. The standard InChI is InChI=1S/C18H21ClN2O5/c1-11-9-16(14-5-4-6-15(10-14)21(24)25)18(13(3)22,12(2)20-11)17(23)26-8-7-19/h4-6,10,12,16H,7-9H2,1-3H3. The number of nitro groups is 1. The van der Waals surface area contributed by atoms with Crippen molar-refractivity contribution in [3.8, 4) is 0 Å². The Hall–Kier alpha value is -2.28. The van der Waals surface area contributed by atoms with E-state index in [4.69, 9.17) is 16.3 Å². The molecular weight excluding hydrogens is 360 g/mol. The molecule has 26 heavy (non-hydrogen) atoms. The highest BCUT2D eigenvalue weighted by Crippen LogP contribution is 2.48.